The molecule has 9 heteroatoms. The lowest BCUT2D eigenvalue weighted by Gasteiger charge is -2.11. The van der Waals surface area contributed by atoms with Crippen molar-refractivity contribution in [1.82, 2.24) is 5.32 Å². The first-order chi connectivity index (χ1) is 14.8. The minimum Gasteiger partial charge on any atom is -0.497 e. The van der Waals surface area contributed by atoms with Gasteiger partial charge in [0, 0.05) is 17.8 Å². The summed E-state index contributed by atoms with van der Waals surface area (Å²) in [5.74, 6) is -1.44. The number of carbonyl (C=O) groups is 1. The number of methoxy groups -OCH3 is 1. The van der Waals surface area contributed by atoms with Crippen molar-refractivity contribution in [2.45, 2.75) is 11.3 Å². The van der Waals surface area contributed by atoms with Crippen molar-refractivity contribution in [3.63, 3.8) is 0 Å². The van der Waals surface area contributed by atoms with Gasteiger partial charge in [-0.1, -0.05) is 18.2 Å². The van der Waals surface area contributed by atoms with Gasteiger partial charge in [0.05, 0.1) is 7.11 Å². The van der Waals surface area contributed by atoms with Gasteiger partial charge in [-0.25, -0.2) is 17.2 Å². The van der Waals surface area contributed by atoms with E-state index in [9.17, 15) is 22.0 Å². The SMILES string of the molecule is COc1ccc(NS(=O)(=O)c2cc(C(=O)NCCc3ccccc3F)ccc2F)cc1. The molecule has 0 fully saturated rings. The predicted octanol–water partition coefficient (Wildman–Crippen LogP) is 3.75. The summed E-state index contributed by atoms with van der Waals surface area (Å²) in [6.45, 7) is 0.128. The van der Waals surface area contributed by atoms with E-state index in [1.807, 2.05) is 0 Å². The van der Waals surface area contributed by atoms with Crippen LogP contribution in [0, 0.1) is 11.6 Å². The van der Waals surface area contributed by atoms with Gasteiger partial charge in [0.1, 0.15) is 22.3 Å². The van der Waals surface area contributed by atoms with E-state index in [0.29, 0.717) is 11.3 Å². The molecule has 0 saturated heterocycles. The third kappa shape index (κ3) is 5.58. The van der Waals surface area contributed by atoms with Crippen LogP contribution in [0.2, 0.25) is 0 Å². The summed E-state index contributed by atoms with van der Waals surface area (Å²) in [5.41, 5.74) is 0.610. The van der Waals surface area contributed by atoms with Crippen molar-refractivity contribution < 1.29 is 26.7 Å². The van der Waals surface area contributed by atoms with E-state index in [1.54, 1.807) is 30.3 Å². The second kappa shape index (κ2) is 9.57. The van der Waals surface area contributed by atoms with E-state index in [0.717, 1.165) is 12.1 Å². The van der Waals surface area contributed by atoms with Gasteiger partial charge in [-0.3, -0.25) is 9.52 Å². The highest BCUT2D eigenvalue weighted by atomic mass is 32.2. The van der Waals surface area contributed by atoms with Gasteiger partial charge in [-0.15, -0.1) is 0 Å². The number of halogens is 2. The molecule has 3 aromatic rings. The minimum atomic E-state index is -4.28. The van der Waals surface area contributed by atoms with Crippen LogP contribution in [0.15, 0.2) is 71.6 Å². The van der Waals surface area contributed by atoms with Crippen LogP contribution in [0.25, 0.3) is 0 Å². The van der Waals surface area contributed by atoms with Crippen LogP contribution in [0.5, 0.6) is 5.75 Å². The molecule has 0 spiro atoms. The average Bonchev–Trinajstić information content (AvgIpc) is 2.75. The smallest absolute Gasteiger partial charge is 0.264 e. The zero-order valence-corrected chi connectivity index (χ0v) is 17.4. The highest BCUT2D eigenvalue weighted by molar-refractivity contribution is 7.92. The molecule has 0 heterocycles. The molecule has 3 rings (SSSR count). The van der Waals surface area contributed by atoms with Gasteiger partial charge in [0.2, 0.25) is 0 Å². The van der Waals surface area contributed by atoms with Gasteiger partial charge < -0.3 is 10.1 Å². The van der Waals surface area contributed by atoms with E-state index >= 15 is 0 Å². The number of nitrogens with one attached hydrogen (secondary N) is 2. The first-order valence-electron chi connectivity index (χ1n) is 9.28. The first-order valence-corrected chi connectivity index (χ1v) is 10.8. The summed E-state index contributed by atoms with van der Waals surface area (Å²) in [6.07, 6.45) is 0.254. The van der Waals surface area contributed by atoms with E-state index in [1.165, 1.54) is 31.4 Å². The van der Waals surface area contributed by atoms with Gasteiger partial charge in [-0.05, 0) is 60.5 Å². The van der Waals surface area contributed by atoms with Gasteiger partial charge in [-0.2, -0.15) is 0 Å². The quantitative estimate of drug-likeness (QED) is 0.552. The Morgan fingerprint density at radius 1 is 0.968 bits per heavy atom. The summed E-state index contributed by atoms with van der Waals surface area (Å²) in [4.78, 5) is 11.7. The third-order valence-electron chi connectivity index (χ3n) is 4.46. The van der Waals surface area contributed by atoms with Gasteiger partial charge in [0.15, 0.2) is 0 Å². The lowest BCUT2D eigenvalue weighted by molar-refractivity contribution is 0.0953. The second-order valence-electron chi connectivity index (χ2n) is 6.58. The van der Waals surface area contributed by atoms with Crippen molar-refractivity contribution >= 4 is 21.6 Å². The molecule has 0 aromatic heterocycles. The van der Waals surface area contributed by atoms with Crippen LogP contribution in [0.3, 0.4) is 0 Å². The fraction of sp³-hybridized carbons (Fsp3) is 0.136. The summed E-state index contributed by atoms with van der Waals surface area (Å²) >= 11 is 0. The van der Waals surface area contributed by atoms with E-state index in [4.69, 9.17) is 4.74 Å². The molecule has 0 saturated carbocycles. The Bertz CT molecular complexity index is 1180. The summed E-state index contributed by atoms with van der Waals surface area (Å²) in [6, 6.07) is 15.3. The number of hydrogen-bond acceptors (Lipinski definition) is 4. The molecular formula is C22H20F2N2O4S. The molecule has 2 N–H and O–H groups in total. The van der Waals surface area contributed by atoms with Crippen LogP contribution in [0.1, 0.15) is 15.9 Å². The monoisotopic (exact) mass is 446 g/mol. The van der Waals surface area contributed by atoms with E-state index in [2.05, 4.69) is 10.0 Å². The molecule has 0 aliphatic rings. The first kappa shape index (κ1) is 22.2. The Morgan fingerprint density at radius 2 is 1.68 bits per heavy atom. The minimum absolute atomic E-state index is 0.0370. The topological polar surface area (TPSA) is 84.5 Å². The lowest BCUT2D eigenvalue weighted by atomic mass is 10.1. The molecule has 3 aromatic carbocycles. The Hall–Kier alpha value is -3.46. The van der Waals surface area contributed by atoms with Gasteiger partial charge in [0.25, 0.3) is 15.9 Å². The molecule has 0 aliphatic heterocycles. The Morgan fingerprint density at radius 3 is 2.35 bits per heavy atom. The number of benzene rings is 3. The van der Waals surface area contributed by atoms with Crippen molar-refractivity contribution in [1.29, 1.82) is 0 Å². The third-order valence-corrected chi connectivity index (χ3v) is 5.86. The van der Waals surface area contributed by atoms with Crippen LogP contribution in [0.4, 0.5) is 14.5 Å². The van der Waals surface area contributed by atoms with Crippen molar-refractivity contribution in [3.05, 3.63) is 89.5 Å². The zero-order chi connectivity index (χ0) is 22.4. The zero-order valence-electron chi connectivity index (χ0n) is 16.6. The van der Waals surface area contributed by atoms with E-state index in [-0.39, 0.29) is 30.0 Å². The van der Waals surface area contributed by atoms with E-state index < -0.39 is 26.6 Å². The number of anilines is 1. The number of ether oxygens (including phenoxy) is 1. The largest absolute Gasteiger partial charge is 0.497 e. The summed E-state index contributed by atoms with van der Waals surface area (Å²) in [5, 5.41) is 2.58. The average molecular weight is 446 g/mol. The normalized spacial score (nSPS) is 11.1. The second-order valence-corrected chi connectivity index (χ2v) is 8.23. The number of rotatable bonds is 8. The molecule has 0 aliphatic carbocycles. The number of amides is 1. The van der Waals surface area contributed by atoms with Crippen molar-refractivity contribution in [2.24, 2.45) is 0 Å². The van der Waals surface area contributed by atoms with Crippen molar-refractivity contribution in [2.75, 3.05) is 18.4 Å². The lowest BCUT2D eigenvalue weighted by Crippen LogP contribution is -2.26. The molecule has 0 unspecified atom stereocenters. The molecule has 1 amide bonds. The molecule has 31 heavy (non-hydrogen) atoms. The molecule has 162 valence electrons. The Balaban J connectivity index is 1.72. The van der Waals surface area contributed by atoms with Crippen LogP contribution < -0.4 is 14.8 Å². The maximum absolute atomic E-state index is 14.3. The fourth-order valence-electron chi connectivity index (χ4n) is 2.83. The highest BCUT2D eigenvalue weighted by Gasteiger charge is 2.21. The van der Waals surface area contributed by atoms with Crippen molar-refractivity contribution in [3.8, 4) is 5.75 Å². The number of carbonyl (C=O) groups excluding carboxylic acids is 1. The summed E-state index contributed by atoms with van der Waals surface area (Å²) < 4.78 is 60.4. The number of sulfonamides is 1. The fourth-order valence-corrected chi connectivity index (χ4v) is 4.00. The molecular weight excluding hydrogens is 426 g/mol. The molecule has 6 nitrogen and oxygen atoms in total. The highest BCUT2D eigenvalue weighted by Crippen LogP contribution is 2.22. The van der Waals surface area contributed by atoms with Gasteiger partial charge >= 0.3 is 0 Å². The summed E-state index contributed by atoms with van der Waals surface area (Å²) in [7, 11) is -2.81. The van der Waals surface area contributed by atoms with Crippen LogP contribution in [-0.2, 0) is 16.4 Å². The molecule has 0 atom stereocenters. The van der Waals surface area contributed by atoms with Crippen LogP contribution >= 0.6 is 0 Å². The maximum Gasteiger partial charge on any atom is 0.264 e. The molecule has 0 bridgehead atoms. The van der Waals surface area contributed by atoms with Crippen LogP contribution in [-0.4, -0.2) is 28.0 Å². The Labute approximate surface area is 178 Å². The number of hydrogen-bond donors (Lipinski definition) is 2. The standard InChI is InChI=1S/C22H20F2N2O4S/c1-30-18-9-7-17(8-10-18)26-31(28,29)21-14-16(6-11-20(21)24)22(27)25-13-12-15-4-2-3-5-19(15)23/h2-11,14,26H,12-13H2,1H3,(H,25,27). The Kier molecular flexibility index (Phi) is 6.86. The molecule has 0 radical (unpaired) electrons. The maximum atomic E-state index is 14.3. The predicted molar refractivity (Wildman–Crippen MR) is 113 cm³/mol.